The minimum Gasteiger partial charge on any atom is -0.492 e. The third-order valence-corrected chi connectivity index (χ3v) is 7.05. The summed E-state index contributed by atoms with van der Waals surface area (Å²) in [4.78, 5) is 40.2. The Hall–Kier alpha value is -3.31. The number of ether oxygens (including phenoxy) is 1. The number of carboxylic acid groups (broad SMARTS) is 1. The molecule has 1 saturated heterocycles. The van der Waals surface area contributed by atoms with Gasteiger partial charge in [0.25, 0.3) is 5.91 Å². The summed E-state index contributed by atoms with van der Waals surface area (Å²) in [7, 11) is 0. The van der Waals surface area contributed by atoms with Crippen LogP contribution in [-0.2, 0) is 0 Å². The summed E-state index contributed by atoms with van der Waals surface area (Å²) >= 11 is 1.25. The first-order valence-electron chi connectivity index (χ1n) is 11.7. The highest BCUT2D eigenvalue weighted by Gasteiger charge is 2.26. The fraction of sp³-hybridized carbons (Fsp3) is 0.458. The molecule has 1 aromatic heterocycles. The molecule has 0 aliphatic carbocycles. The first-order valence-corrected chi connectivity index (χ1v) is 12.6. The Morgan fingerprint density at radius 3 is 2.57 bits per heavy atom. The molecule has 5 N–H and O–H groups in total. The van der Waals surface area contributed by atoms with Crippen molar-refractivity contribution in [2.24, 2.45) is 5.73 Å². The number of carbonyl (C=O) groups is 3. The molecule has 3 rings (SSSR count). The maximum atomic E-state index is 13.0. The Kier molecular flexibility index (Phi) is 9.32. The molecule has 11 heteroatoms. The molecule has 10 nitrogen and oxygen atoms in total. The molecule has 1 aromatic carbocycles. The van der Waals surface area contributed by atoms with Crippen LogP contribution in [0.5, 0.6) is 5.75 Å². The summed E-state index contributed by atoms with van der Waals surface area (Å²) in [5.41, 5.74) is 6.47. The van der Waals surface area contributed by atoms with Gasteiger partial charge in [-0.1, -0.05) is 13.8 Å². The molecule has 1 aliphatic heterocycles. The van der Waals surface area contributed by atoms with Crippen molar-refractivity contribution in [2.45, 2.75) is 32.7 Å². The average molecular weight is 504 g/mol. The maximum Gasteiger partial charge on any atom is 0.407 e. The van der Waals surface area contributed by atoms with E-state index < -0.39 is 12.1 Å². The van der Waals surface area contributed by atoms with Crippen molar-refractivity contribution in [3.05, 3.63) is 35.9 Å². The van der Waals surface area contributed by atoms with Crippen LogP contribution in [-0.4, -0.2) is 78.3 Å². The lowest BCUT2D eigenvalue weighted by molar-refractivity contribution is 0.0889. The number of rotatable bonds is 10. The van der Waals surface area contributed by atoms with Crippen molar-refractivity contribution in [1.29, 1.82) is 0 Å². The number of amides is 4. The number of nitrogens with zero attached hydrogens (tertiary/aromatic N) is 2. The monoisotopic (exact) mass is 503 g/mol. The minimum atomic E-state index is -1.00. The molecule has 1 fully saturated rings. The van der Waals surface area contributed by atoms with E-state index in [0.29, 0.717) is 31.0 Å². The van der Waals surface area contributed by atoms with Crippen molar-refractivity contribution in [2.75, 3.05) is 44.6 Å². The normalized spacial score (nSPS) is 15.6. The predicted molar refractivity (Wildman–Crippen MR) is 136 cm³/mol. The van der Waals surface area contributed by atoms with E-state index in [2.05, 4.69) is 29.4 Å². The van der Waals surface area contributed by atoms with E-state index in [9.17, 15) is 19.5 Å². The molecule has 190 valence electrons. The molecule has 0 saturated carbocycles. The van der Waals surface area contributed by atoms with Gasteiger partial charge >= 0.3 is 12.1 Å². The number of piperidine rings is 1. The van der Waals surface area contributed by atoms with Gasteiger partial charge in [-0.2, -0.15) is 0 Å². The van der Waals surface area contributed by atoms with Gasteiger partial charge < -0.3 is 30.7 Å². The molecule has 2 aromatic rings. The smallest absolute Gasteiger partial charge is 0.407 e. The zero-order valence-corrected chi connectivity index (χ0v) is 20.9. The second-order valence-corrected chi connectivity index (χ2v) is 9.34. The van der Waals surface area contributed by atoms with Gasteiger partial charge in [0.15, 0.2) is 0 Å². The van der Waals surface area contributed by atoms with Gasteiger partial charge in [0.05, 0.1) is 5.56 Å². The Morgan fingerprint density at radius 2 is 1.94 bits per heavy atom. The fourth-order valence-electron chi connectivity index (χ4n) is 3.99. The molecular formula is C24H33N5O5S. The lowest BCUT2D eigenvalue weighted by atomic mass is 10.1. The molecule has 4 amide bonds. The Morgan fingerprint density at radius 1 is 1.23 bits per heavy atom. The second kappa shape index (κ2) is 12.4. The molecule has 0 bridgehead atoms. The first kappa shape index (κ1) is 26.3. The molecular weight excluding hydrogens is 470 g/mol. The molecule has 2 heterocycles. The summed E-state index contributed by atoms with van der Waals surface area (Å²) < 4.78 is 5.84. The van der Waals surface area contributed by atoms with Crippen LogP contribution >= 0.6 is 11.3 Å². The van der Waals surface area contributed by atoms with Gasteiger partial charge in [0, 0.05) is 30.6 Å². The van der Waals surface area contributed by atoms with Crippen LogP contribution in [0, 0.1) is 0 Å². The van der Waals surface area contributed by atoms with Crippen LogP contribution in [0.1, 0.15) is 37.0 Å². The van der Waals surface area contributed by atoms with Gasteiger partial charge in [0.2, 0.25) is 0 Å². The van der Waals surface area contributed by atoms with Gasteiger partial charge in [-0.3, -0.25) is 10.1 Å². The topological polar surface area (TPSA) is 137 Å². The number of urea groups is 1. The number of anilines is 1. The van der Waals surface area contributed by atoms with Crippen molar-refractivity contribution in [3.8, 4) is 16.2 Å². The van der Waals surface area contributed by atoms with Crippen LogP contribution in [0.4, 0.5) is 14.6 Å². The highest BCUT2D eigenvalue weighted by molar-refractivity contribution is 7.20. The highest BCUT2D eigenvalue weighted by atomic mass is 32.1. The van der Waals surface area contributed by atoms with Crippen LogP contribution in [0.15, 0.2) is 30.3 Å². The van der Waals surface area contributed by atoms with E-state index in [1.807, 2.05) is 24.3 Å². The van der Waals surface area contributed by atoms with Crippen LogP contribution in [0.25, 0.3) is 10.4 Å². The summed E-state index contributed by atoms with van der Waals surface area (Å²) in [6.07, 6.45) is 0.348. The molecule has 1 aliphatic rings. The number of thiophene rings is 1. The van der Waals surface area contributed by atoms with Crippen molar-refractivity contribution in [1.82, 2.24) is 15.1 Å². The lowest BCUT2D eigenvalue weighted by Crippen LogP contribution is -2.49. The van der Waals surface area contributed by atoms with Crippen LogP contribution in [0.3, 0.4) is 0 Å². The van der Waals surface area contributed by atoms with E-state index in [0.717, 1.165) is 35.8 Å². The molecule has 35 heavy (non-hydrogen) atoms. The van der Waals surface area contributed by atoms with Crippen molar-refractivity contribution >= 4 is 34.4 Å². The fourth-order valence-corrected chi connectivity index (χ4v) is 5.05. The van der Waals surface area contributed by atoms with Crippen LogP contribution < -0.4 is 21.1 Å². The van der Waals surface area contributed by atoms with Crippen molar-refractivity contribution < 1.29 is 24.2 Å². The first-order chi connectivity index (χ1) is 16.8. The number of nitrogens with one attached hydrogen (secondary N) is 2. The number of nitrogens with two attached hydrogens (primary N) is 1. The zero-order valence-electron chi connectivity index (χ0n) is 20.1. The van der Waals surface area contributed by atoms with Gasteiger partial charge in [-0.15, -0.1) is 11.3 Å². The molecule has 0 radical (unpaired) electrons. The number of primary amides is 1. The van der Waals surface area contributed by atoms with Gasteiger partial charge in [-0.25, -0.2) is 9.59 Å². The largest absolute Gasteiger partial charge is 0.492 e. The number of carbonyl (C=O) groups excluding carboxylic acids is 2. The zero-order chi connectivity index (χ0) is 25.4. The van der Waals surface area contributed by atoms with E-state index in [-0.39, 0.29) is 24.1 Å². The Bertz CT molecular complexity index is 1020. The summed E-state index contributed by atoms with van der Waals surface area (Å²) in [5.74, 6) is 0.371. The lowest BCUT2D eigenvalue weighted by Gasteiger charge is -2.31. The summed E-state index contributed by atoms with van der Waals surface area (Å²) in [5, 5.41) is 15.0. The summed E-state index contributed by atoms with van der Waals surface area (Å²) in [6, 6.07) is 8.20. The Labute approximate surface area is 209 Å². The number of hydrogen-bond donors (Lipinski definition) is 4. The maximum absolute atomic E-state index is 13.0. The van der Waals surface area contributed by atoms with E-state index in [1.165, 1.54) is 16.2 Å². The molecule has 1 atom stereocenters. The Balaban J connectivity index is 1.70. The predicted octanol–water partition coefficient (Wildman–Crippen LogP) is 3.50. The highest BCUT2D eigenvalue weighted by Crippen LogP contribution is 2.36. The number of hydrogen-bond acceptors (Lipinski definition) is 6. The third-order valence-electron chi connectivity index (χ3n) is 5.95. The standard InChI is InChI=1S/C24H33N5O5S/c1-3-28(4-2)12-13-34-18-9-7-16(8-10-18)20-14-19(22(35-20)27-23(25)31)21(30)26-17-6-5-11-29(15-17)24(32)33/h7-10,14,17H,3-6,11-13,15H2,1-2H3,(H,26,30)(H,32,33)(H3,25,27,31). The minimum absolute atomic E-state index is 0.229. The summed E-state index contributed by atoms with van der Waals surface area (Å²) in [6.45, 7) is 8.33. The number of likely N-dealkylation sites (tertiary alicyclic amines) is 1. The van der Waals surface area contributed by atoms with Gasteiger partial charge in [0.1, 0.15) is 17.4 Å². The van der Waals surface area contributed by atoms with Crippen molar-refractivity contribution in [3.63, 3.8) is 0 Å². The number of likely N-dealkylation sites (N-methyl/N-ethyl adjacent to an activating group) is 1. The average Bonchev–Trinajstić information content (AvgIpc) is 3.25. The second-order valence-electron chi connectivity index (χ2n) is 8.28. The van der Waals surface area contributed by atoms with E-state index in [1.54, 1.807) is 6.07 Å². The molecule has 1 unspecified atom stereocenters. The van der Waals surface area contributed by atoms with Crippen LogP contribution in [0.2, 0.25) is 0 Å². The van der Waals surface area contributed by atoms with E-state index in [4.69, 9.17) is 10.5 Å². The van der Waals surface area contributed by atoms with Gasteiger partial charge in [-0.05, 0) is 61.8 Å². The molecule has 0 spiro atoms. The SMILES string of the molecule is CCN(CC)CCOc1ccc(-c2cc(C(=O)NC3CCCN(C(=O)O)C3)c(NC(N)=O)s2)cc1. The third kappa shape index (κ3) is 7.33. The quantitative estimate of drug-likeness (QED) is 0.392. The van der Waals surface area contributed by atoms with E-state index >= 15 is 0 Å². The number of benzene rings is 1.